The van der Waals surface area contributed by atoms with Crippen LogP contribution in [0.4, 0.5) is 5.95 Å². The lowest BCUT2D eigenvalue weighted by Crippen LogP contribution is -2.44. The number of nitrogens with zero attached hydrogens (tertiary/aromatic N) is 3. The first kappa shape index (κ1) is 16.1. The van der Waals surface area contributed by atoms with Gasteiger partial charge in [-0.05, 0) is 30.2 Å². The predicted molar refractivity (Wildman–Crippen MR) is 103 cm³/mol. The standard InChI is InChI=1S/C20H25N5/c21-10-9-17-7-4-8-18-19(17)23-20(24-13-11-22-12-14-24)25(18)15-16-5-2-1-3-6-16/h1-8,22H,9-15,21H2. The van der Waals surface area contributed by atoms with Crippen molar-refractivity contribution in [1.29, 1.82) is 0 Å². The van der Waals surface area contributed by atoms with E-state index in [1.807, 2.05) is 0 Å². The van der Waals surface area contributed by atoms with Gasteiger partial charge < -0.3 is 20.5 Å². The number of nitrogens with one attached hydrogen (secondary N) is 1. The maximum atomic E-state index is 5.81. The number of hydrogen-bond acceptors (Lipinski definition) is 4. The van der Waals surface area contributed by atoms with Crippen molar-refractivity contribution in [2.45, 2.75) is 13.0 Å². The van der Waals surface area contributed by atoms with Crippen molar-refractivity contribution in [2.75, 3.05) is 37.6 Å². The lowest BCUT2D eigenvalue weighted by molar-refractivity contribution is 0.571. The van der Waals surface area contributed by atoms with Crippen molar-refractivity contribution in [3.63, 3.8) is 0 Å². The van der Waals surface area contributed by atoms with Crippen molar-refractivity contribution in [1.82, 2.24) is 14.9 Å². The van der Waals surface area contributed by atoms with E-state index in [1.165, 1.54) is 16.6 Å². The van der Waals surface area contributed by atoms with Crippen LogP contribution in [0.3, 0.4) is 0 Å². The number of imidazole rings is 1. The van der Waals surface area contributed by atoms with E-state index >= 15 is 0 Å². The average Bonchev–Trinajstić information content (AvgIpc) is 3.03. The second-order valence-electron chi connectivity index (χ2n) is 6.54. The molecule has 1 aliphatic rings. The normalized spacial score (nSPS) is 15.0. The summed E-state index contributed by atoms with van der Waals surface area (Å²) in [6, 6.07) is 17.1. The van der Waals surface area contributed by atoms with Gasteiger partial charge in [-0.3, -0.25) is 0 Å². The number of para-hydroxylation sites is 1. The van der Waals surface area contributed by atoms with Crippen LogP contribution in [-0.4, -0.2) is 42.3 Å². The summed E-state index contributed by atoms with van der Waals surface area (Å²) in [4.78, 5) is 7.45. The molecule has 3 N–H and O–H groups in total. The molecule has 0 radical (unpaired) electrons. The van der Waals surface area contributed by atoms with Gasteiger partial charge in [0.05, 0.1) is 17.6 Å². The molecule has 25 heavy (non-hydrogen) atoms. The highest BCUT2D eigenvalue weighted by molar-refractivity contribution is 5.82. The molecule has 0 atom stereocenters. The number of piperazine rings is 1. The minimum Gasteiger partial charge on any atom is -0.340 e. The molecule has 3 aromatic rings. The molecular formula is C20H25N5. The number of nitrogens with two attached hydrogens (primary N) is 1. The molecule has 1 aromatic heterocycles. The monoisotopic (exact) mass is 335 g/mol. The highest BCUT2D eigenvalue weighted by Gasteiger charge is 2.20. The van der Waals surface area contributed by atoms with Crippen molar-refractivity contribution in [2.24, 2.45) is 5.73 Å². The Labute approximate surface area is 148 Å². The Morgan fingerprint density at radius 2 is 1.80 bits per heavy atom. The van der Waals surface area contributed by atoms with E-state index in [9.17, 15) is 0 Å². The molecule has 0 spiro atoms. The second-order valence-corrected chi connectivity index (χ2v) is 6.54. The van der Waals surface area contributed by atoms with Gasteiger partial charge in [0.1, 0.15) is 0 Å². The fourth-order valence-electron chi connectivity index (χ4n) is 3.58. The molecule has 0 amide bonds. The summed E-state index contributed by atoms with van der Waals surface area (Å²) in [6.45, 7) is 5.47. The number of hydrogen-bond donors (Lipinski definition) is 2. The number of aromatic nitrogens is 2. The number of benzene rings is 2. The largest absolute Gasteiger partial charge is 0.340 e. The summed E-state index contributed by atoms with van der Waals surface area (Å²) in [7, 11) is 0. The molecule has 5 nitrogen and oxygen atoms in total. The van der Waals surface area contributed by atoms with Crippen LogP contribution in [0.2, 0.25) is 0 Å². The zero-order chi connectivity index (χ0) is 17.1. The summed E-state index contributed by atoms with van der Waals surface area (Å²) in [5, 5.41) is 3.42. The van der Waals surface area contributed by atoms with Crippen LogP contribution < -0.4 is 16.0 Å². The van der Waals surface area contributed by atoms with E-state index in [2.05, 4.69) is 63.3 Å². The SMILES string of the molecule is NCCc1cccc2c1nc(N1CCNCC1)n2Cc1ccccc1. The van der Waals surface area contributed by atoms with Gasteiger partial charge >= 0.3 is 0 Å². The topological polar surface area (TPSA) is 59.1 Å². The number of rotatable bonds is 5. The molecule has 2 heterocycles. The summed E-state index contributed by atoms with van der Waals surface area (Å²) < 4.78 is 2.36. The smallest absolute Gasteiger partial charge is 0.206 e. The Hall–Kier alpha value is -2.37. The Kier molecular flexibility index (Phi) is 4.68. The van der Waals surface area contributed by atoms with Crippen LogP contribution in [-0.2, 0) is 13.0 Å². The minimum atomic E-state index is 0.646. The summed E-state index contributed by atoms with van der Waals surface area (Å²) in [6.07, 6.45) is 0.862. The van der Waals surface area contributed by atoms with Gasteiger partial charge in [0.25, 0.3) is 0 Å². The van der Waals surface area contributed by atoms with Gasteiger partial charge in [0.15, 0.2) is 0 Å². The summed E-state index contributed by atoms with van der Waals surface area (Å²) in [5.74, 6) is 1.07. The molecule has 4 rings (SSSR count). The summed E-state index contributed by atoms with van der Waals surface area (Å²) in [5.41, 5.74) is 10.6. The zero-order valence-electron chi connectivity index (χ0n) is 14.5. The molecule has 1 saturated heterocycles. The Bertz CT molecular complexity index is 834. The lowest BCUT2D eigenvalue weighted by Gasteiger charge is -2.29. The first-order valence-electron chi connectivity index (χ1n) is 9.04. The second kappa shape index (κ2) is 7.25. The van der Waals surface area contributed by atoms with Gasteiger partial charge in [0.2, 0.25) is 5.95 Å². The number of fused-ring (bicyclic) bond motifs is 1. The van der Waals surface area contributed by atoms with Crippen molar-refractivity contribution in [3.8, 4) is 0 Å². The molecule has 130 valence electrons. The molecule has 0 aliphatic carbocycles. The minimum absolute atomic E-state index is 0.646. The van der Waals surface area contributed by atoms with Crippen molar-refractivity contribution in [3.05, 3.63) is 59.7 Å². The fourth-order valence-corrected chi connectivity index (χ4v) is 3.58. The molecule has 0 unspecified atom stereocenters. The van der Waals surface area contributed by atoms with Gasteiger partial charge in [-0.15, -0.1) is 0 Å². The third-order valence-electron chi connectivity index (χ3n) is 4.84. The molecule has 0 saturated carbocycles. The molecule has 0 bridgehead atoms. The van der Waals surface area contributed by atoms with Gasteiger partial charge in [-0.1, -0.05) is 42.5 Å². The molecule has 5 heteroatoms. The third-order valence-corrected chi connectivity index (χ3v) is 4.84. The first-order valence-corrected chi connectivity index (χ1v) is 9.04. The van der Waals surface area contributed by atoms with Crippen LogP contribution in [0, 0.1) is 0 Å². The quantitative estimate of drug-likeness (QED) is 0.749. The van der Waals surface area contributed by atoms with Crippen molar-refractivity contribution >= 4 is 17.0 Å². The van der Waals surface area contributed by atoms with E-state index in [-0.39, 0.29) is 0 Å². The van der Waals surface area contributed by atoms with Gasteiger partial charge in [-0.25, -0.2) is 4.98 Å². The van der Waals surface area contributed by atoms with Crippen molar-refractivity contribution < 1.29 is 0 Å². The first-order chi connectivity index (χ1) is 12.4. The third kappa shape index (κ3) is 3.25. The summed E-state index contributed by atoms with van der Waals surface area (Å²) >= 11 is 0. The van der Waals surface area contributed by atoms with Gasteiger partial charge in [-0.2, -0.15) is 0 Å². The van der Waals surface area contributed by atoms with Crippen LogP contribution in [0.5, 0.6) is 0 Å². The van der Waals surface area contributed by atoms with Crippen LogP contribution in [0.25, 0.3) is 11.0 Å². The van der Waals surface area contributed by atoms with E-state index in [0.717, 1.165) is 50.6 Å². The van der Waals surface area contributed by atoms with Crippen LogP contribution >= 0.6 is 0 Å². The maximum absolute atomic E-state index is 5.81. The molecule has 2 aromatic carbocycles. The number of anilines is 1. The Morgan fingerprint density at radius 3 is 2.56 bits per heavy atom. The van der Waals surface area contributed by atoms with E-state index < -0.39 is 0 Å². The molecule has 1 fully saturated rings. The molecule has 1 aliphatic heterocycles. The van der Waals surface area contributed by atoms with E-state index in [1.54, 1.807) is 0 Å². The lowest BCUT2D eigenvalue weighted by atomic mass is 10.1. The highest BCUT2D eigenvalue weighted by Crippen LogP contribution is 2.27. The van der Waals surface area contributed by atoms with E-state index in [0.29, 0.717) is 6.54 Å². The zero-order valence-corrected chi connectivity index (χ0v) is 14.5. The predicted octanol–water partition coefficient (Wildman–Crippen LogP) is 2.00. The Balaban J connectivity index is 1.82. The fraction of sp³-hybridized carbons (Fsp3) is 0.350. The van der Waals surface area contributed by atoms with Crippen LogP contribution in [0.1, 0.15) is 11.1 Å². The van der Waals surface area contributed by atoms with E-state index in [4.69, 9.17) is 10.7 Å². The Morgan fingerprint density at radius 1 is 1.00 bits per heavy atom. The highest BCUT2D eigenvalue weighted by atomic mass is 15.3. The maximum Gasteiger partial charge on any atom is 0.206 e. The van der Waals surface area contributed by atoms with Crippen LogP contribution in [0.15, 0.2) is 48.5 Å². The average molecular weight is 335 g/mol. The molecular weight excluding hydrogens is 310 g/mol. The van der Waals surface area contributed by atoms with Gasteiger partial charge in [0, 0.05) is 26.2 Å².